The van der Waals surface area contributed by atoms with E-state index < -0.39 is 0 Å². The van der Waals surface area contributed by atoms with E-state index in [4.69, 9.17) is 9.47 Å². The second-order valence-corrected chi connectivity index (χ2v) is 7.22. The number of fused-ring (bicyclic) bond motifs is 1. The average molecular weight is 383 g/mol. The molecule has 0 saturated carbocycles. The summed E-state index contributed by atoms with van der Waals surface area (Å²) in [5, 5.41) is 0. The maximum atomic E-state index is 12.0. The number of carbonyl (C=O) groups excluding carboxylic acids is 1. The summed E-state index contributed by atoms with van der Waals surface area (Å²) in [5.41, 5.74) is 1.20. The molecule has 2 aliphatic heterocycles. The van der Waals surface area contributed by atoms with Gasteiger partial charge in [0.2, 0.25) is 5.91 Å². The van der Waals surface area contributed by atoms with Gasteiger partial charge in [0.1, 0.15) is 13.2 Å². The van der Waals surface area contributed by atoms with E-state index in [1.165, 1.54) is 5.56 Å². The Bertz CT molecular complexity index is 583. The zero-order valence-corrected chi connectivity index (χ0v) is 15.3. The van der Waals surface area contributed by atoms with Gasteiger partial charge in [-0.3, -0.25) is 9.69 Å². The molecule has 1 saturated heterocycles. The molecule has 0 atom stereocenters. The number of halogens is 1. The number of nitrogens with zero attached hydrogens (tertiary/aromatic N) is 2. The molecule has 6 heteroatoms. The molecule has 2 aliphatic rings. The normalized spacial score (nSPS) is 18.7. The van der Waals surface area contributed by atoms with E-state index in [9.17, 15) is 4.79 Å². The first-order valence-corrected chi connectivity index (χ1v) is 8.85. The van der Waals surface area contributed by atoms with Crippen molar-refractivity contribution in [3.8, 4) is 11.5 Å². The van der Waals surface area contributed by atoms with Gasteiger partial charge < -0.3 is 14.4 Å². The predicted octanol–water partition coefficient (Wildman–Crippen LogP) is 2.52. The molecule has 0 bridgehead atoms. The molecule has 2 heterocycles. The topological polar surface area (TPSA) is 42.0 Å². The van der Waals surface area contributed by atoms with Gasteiger partial charge in [-0.2, -0.15) is 0 Å². The van der Waals surface area contributed by atoms with Gasteiger partial charge in [0.25, 0.3) is 0 Å². The minimum atomic E-state index is 0.171. The number of hydrogen-bond acceptors (Lipinski definition) is 4. The number of carbonyl (C=O) groups is 1. The number of amides is 1. The molecule has 0 unspecified atom stereocenters. The molecular weight excluding hydrogens is 360 g/mol. The largest absolute Gasteiger partial charge is 0.486 e. The lowest BCUT2D eigenvalue weighted by atomic mass is 9.95. The summed E-state index contributed by atoms with van der Waals surface area (Å²) in [6.07, 6.45) is 1.86. The van der Waals surface area contributed by atoms with Crippen LogP contribution in [0.3, 0.4) is 0 Å². The van der Waals surface area contributed by atoms with Crippen LogP contribution in [-0.2, 0) is 11.3 Å². The lowest BCUT2D eigenvalue weighted by Crippen LogP contribution is -2.39. The van der Waals surface area contributed by atoms with Gasteiger partial charge in [0.15, 0.2) is 11.5 Å². The Kier molecular flexibility index (Phi) is 5.11. The first kappa shape index (κ1) is 16.6. The Labute approximate surface area is 145 Å². The maximum Gasteiger partial charge on any atom is 0.225 e. The molecule has 0 spiro atoms. The van der Waals surface area contributed by atoms with E-state index in [2.05, 4.69) is 26.9 Å². The number of benzene rings is 1. The quantitative estimate of drug-likeness (QED) is 0.805. The highest BCUT2D eigenvalue weighted by atomic mass is 79.9. The molecule has 126 valence electrons. The van der Waals surface area contributed by atoms with Crippen LogP contribution in [0.2, 0.25) is 0 Å². The predicted molar refractivity (Wildman–Crippen MR) is 91.8 cm³/mol. The Hall–Kier alpha value is -1.27. The molecule has 1 fully saturated rings. The zero-order chi connectivity index (χ0) is 16.4. The third-order valence-corrected chi connectivity index (χ3v) is 5.22. The minimum Gasteiger partial charge on any atom is -0.486 e. The van der Waals surface area contributed by atoms with Crippen LogP contribution in [0.1, 0.15) is 18.4 Å². The van der Waals surface area contributed by atoms with Crippen molar-refractivity contribution in [2.75, 3.05) is 40.4 Å². The lowest BCUT2D eigenvalue weighted by molar-refractivity contribution is -0.134. The van der Waals surface area contributed by atoms with Gasteiger partial charge in [-0.25, -0.2) is 0 Å². The summed E-state index contributed by atoms with van der Waals surface area (Å²) in [4.78, 5) is 16.2. The molecule has 5 nitrogen and oxygen atoms in total. The molecule has 1 aromatic rings. The van der Waals surface area contributed by atoms with Crippen molar-refractivity contribution in [3.63, 3.8) is 0 Å². The highest BCUT2D eigenvalue weighted by molar-refractivity contribution is 9.10. The van der Waals surface area contributed by atoms with Gasteiger partial charge in [-0.05, 0) is 43.6 Å². The molecule has 0 N–H and O–H groups in total. The molecule has 1 aromatic carbocycles. The Morgan fingerprint density at radius 3 is 2.43 bits per heavy atom. The minimum absolute atomic E-state index is 0.171. The molecular formula is C17H23BrN2O3. The van der Waals surface area contributed by atoms with Crippen molar-refractivity contribution in [3.05, 3.63) is 22.2 Å². The summed E-state index contributed by atoms with van der Waals surface area (Å²) < 4.78 is 12.3. The fraction of sp³-hybridized carbons (Fsp3) is 0.588. The second kappa shape index (κ2) is 7.09. The van der Waals surface area contributed by atoms with Crippen LogP contribution in [0.15, 0.2) is 16.6 Å². The SMILES string of the molecule is CN(C)C(=O)C1CCN(Cc2cc3c(cc2Br)OCCO3)CC1. The molecule has 1 amide bonds. The van der Waals surface area contributed by atoms with Crippen LogP contribution in [0.5, 0.6) is 11.5 Å². The fourth-order valence-electron chi connectivity index (χ4n) is 3.17. The zero-order valence-electron chi connectivity index (χ0n) is 13.7. The van der Waals surface area contributed by atoms with Gasteiger partial charge in [-0.15, -0.1) is 0 Å². The number of likely N-dealkylation sites (tertiary alicyclic amines) is 1. The highest BCUT2D eigenvalue weighted by Crippen LogP contribution is 2.36. The smallest absolute Gasteiger partial charge is 0.225 e. The third-order valence-electron chi connectivity index (χ3n) is 4.48. The van der Waals surface area contributed by atoms with Crippen LogP contribution < -0.4 is 9.47 Å². The molecule has 0 radical (unpaired) electrons. The van der Waals surface area contributed by atoms with E-state index >= 15 is 0 Å². The van der Waals surface area contributed by atoms with Crippen LogP contribution in [0.25, 0.3) is 0 Å². The Morgan fingerprint density at radius 1 is 1.22 bits per heavy atom. The van der Waals surface area contributed by atoms with E-state index in [1.807, 2.05) is 20.2 Å². The van der Waals surface area contributed by atoms with Crippen LogP contribution in [-0.4, -0.2) is 56.1 Å². The maximum absolute atomic E-state index is 12.0. The summed E-state index contributed by atoms with van der Waals surface area (Å²) in [5.74, 6) is 2.06. The van der Waals surface area contributed by atoms with Crippen molar-refractivity contribution in [1.82, 2.24) is 9.80 Å². The highest BCUT2D eigenvalue weighted by Gasteiger charge is 2.26. The number of hydrogen-bond donors (Lipinski definition) is 0. The van der Waals surface area contributed by atoms with Crippen LogP contribution in [0.4, 0.5) is 0 Å². The molecule has 0 aliphatic carbocycles. The van der Waals surface area contributed by atoms with E-state index in [1.54, 1.807) is 4.90 Å². The summed E-state index contributed by atoms with van der Waals surface area (Å²) in [6.45, 7) is 3.97. The van der Waals surface area contributed by atoms with E-state index in [0.717, 1.165) is 48.4 Å². The average Bonchev–Trinajstić information content (AvgIpc) is 2.55. The van der Waals surface area contributed by atoms with Crippen molar-refractivity contribution in [2.24, 2.45) is 5.92 Å². The molecule has 0 aromatic heterocycles. The Morgan fingerprint density at radius 2 is 1.83 bits per heavy atom. The standard InChI is InChI=1S/C17H23BrN2O3/c1-19(2)17(21)12-3-5-20(6-4-12)11-13-9-15-16(10-14(13)18)23-8-7-22-15/h9-10,12H,3-8,11H2,1-2H3. The van der Waals surface area contributed by atoms with Gasteiger partial charge in [0, 0.05) is 31.0 Å². The van der Waals surface area contributed by atoms with Crippen molar-refractivity contribution >= 4 is 21.8 Å². The third kappa shape index (κ3) is 3.80. The lowest BCUT2D eigenvalue weighted by Gasteiger charge is -2.32. The Balaban J connectivity index is 1.62. The number of rotatable bonds is 3. The summed E-state index contributed by atoms with van der Waals surface area (Å²) >= 11 is 3.63. The monoisotopic (exact) mass is 382 g/mol. The van der Waals surface area contributed by atoms with Crippen molar-refractivity contribution < 1.29 is 14.3 Å². The van der Waals surface area contributed by atoms with E-state index in [-0.39, 0.29) is 11.8 Å². The first-order valence-electron chi connectivity index (χ1n) is 8.06. The summed E-state index contributed by atoms with van der Waals surface area (Å²) in [7, 11) is 3.67. The number of ether oxygens (including phenoxy) is 2. The van der Waals surface area contributed by atoms with Gasteiger partial charge >= 0.3 is 0 Å². The van der Waals surface area contributed by atoms with E-state index in [0.29, 0.717) is 13.2 Å². The molecule has 23 heavy (non-hydrogen) atoms. The van der Waals surface area contributed by atoms with Crippen LogP contribution in [0, 0.1) is 5.92 Å². The van der Waals surface area contributed by atoms with Crippen LogP contribution >= 0.6 is 15.9 Å². The van der Waals surface area contributed by atoms with Gasteiger partial charge in [0.05, 0.1) is 0 Å². The molecule has 3 rings (SSSR count). The second-order valence-electron chi connectivity index (χ2n) is 6.37. The summed E-state index contributed by atoms with van der Waals surface area (Å²) in [6, 6.07) is 4.06. The number of piperidine rings is 1. The first-order chi connectivity index (χ1) is 11.0. The fourth-order valence-corrected chi connectivity index (χ4v) is 3.62. The van der Waals surface area contributed by atoms with Crippen molar-refractivity contribution in [2.45, 2.75) is 19.4 Å². The van der Waals surface area contributed by atoms with Crippen molar-refractivity contribution in [1.29, 1.82) is 0 Å². The van der Waals surface area contributed by atoms with Gasteiger partial charge in [-0.1, -0.05) is 15.9 Å².